The van der Waals surface area contributed by atoms with Crippen LogP contribution in [-0.4, -0.2) is 28.4 Å². The van der Waals surface area contributed by atoms with E-state index in [9.17, 15) is 9.59 Å². The Morgan fingerprint density at radius 3 is 1.86 bits per heavy atom. The average molecular weight is 467 g/mol. The first kappa shape index (κ1) is 21.8. The van der Waals surface area contributed by atoms with Crippen molar-refractivity contribution >= 4 is 0 Å². The highest BCUT2D eigenvalue weighted by Crippen LogP contribution is 2.50. The van der Waals surface area contributed by atoms with Crippen molar-refractivity contribution in [2.45, 2.75) is 30.3 Å². The van der Waals surface area contributed by atoms with Gasteiger partial charge in [0.15, 0.2) is 0 Å². The van der Waals surface area contributed by atoms with Crippen molar-refractivity contribution in [3.63, 3.8) is 0 Å². The van der Waals surface area contributed by atoms with Crippen molar-refractivity contribution in [1.29, 1.82) is 0 Å². The number of aromatic amines is 1. The molecule has 6 rings (SSSR count). The van der Waals surface area contributed by atoms with E-state index in [1.54, 1.807) is 10.8 Å². The summed E-state index contributed by atoms with van der Waals surface area (Å²) >= 11 is 0. The highest BCUT2D eigenvalue weighted by Gasteiger charge is 2.58. The van der Waals surface area contributed by atoms with Crippen molar-refractivity contribution in [2.24, 2.45) is 5.92 Å². The van der Waals surface area contributed by atoms with Gasteiger partial charge in [-0.15, -0.1) is 0 Å². The van der Waals surface area contributed by atoms with Crippen LogP contribution in [0.25, 0.3) is 0 Å². The van der Waals surface area contributed by atoms with Gasteiger partial charge in [0.2, 0.25) is 0 Å². The van der Waals surface area contributed by atoms with E-state index >= 15 is 0 Å². The molecule has 6 nitrogen and oxygen atoms in total. The number of hydrogen-bond acceptors (Lipinski definition) is 4. The van der Waals surface area contributed by atoms with Crippen molar-refractivity contribution in [3.05, 3.63) is 141 Å². The molecule has 1 unspecified atom stereocenters. The maximum atomic E-state index is 12.4. The van der Waals surface area contributed by atoms with Crippen LogP contribution in [0.5, 0.6) is 0 Å². The first-order valence-electron chi connectivity index (χ1n) is 11.9. The fourth-order valence-electron chi connectivity index (χ4n) is 5.53. The standard InChI is InChI=1S/C29H26N2O4/c32-25-16-17-31(28(33)30-25)24-18-20(26-27(24)35-26)19-34-29(21-10-4-1-5-11-21,22-12-6-2-7-13-22)23-14-8-3-9-15-23/h1-17,20,24,26-27H,18-19H2,(H,30,32,33)/t20-,24-,26-,27?/m1/s1. The van der Waals surface area contributed by atoms with Crippen molar-refractivity contribution < 1.29 is 9.47 Å². The van der Waals surface area contributed by atoms with Crippen LogP contribution in [0, 0.1) is 5.92 Å². The summed E-state index contributed by atoms with van der Waals surface area (Å²) in [6.45, 7) is 0.467. The monoisotopic (exact) mass is 466 g/mol. The molecule has 1 aliphatic carbocycles. The minimum Gasteiger partial charge on any atom is -0.367 e. The predicted molar refractivity (Wildman–Crippen MR) is 132 cm³/mol. The molecule has 2 heterocycles. The summed E-state index contributed by atoms with van der Waals surface area (Å²) in [7, 11) is 0. The number of rotatable bonds is 7. The summed E-state index contributed by atoms with van der Waals surface area (Å²) < 4.78 is 14.5. The quantitative estimate of drug-likeness (QED) is 0.331. The fraction of sp³-hybridized carbons (Fsp3) is 0.241. The Balaban J connectivity index is 1.36. The molecule has 4 aromatic rings. The number of epoxide rings is 1. The van der Waals surface area contributed by atoms with Gasteiger partial charge in [-0.25, -0.2) is 4.79 Å². The van der Waals surface area contributed by atoms with Crippen LogP contribution in [0.3, 0.4) is 0 Å². The third kappa shape index (κ3) is 3.85. The summed E-state index contributed by atoms with van der Waals surface area (Å²) in [5.74, 6) is 0.124. The van der Waals surface area contributed by atoms with Crippen molar-refractivity contribution in [3.8, 4) is 0 Å². The summed E-state index contributed by atoms with van der Waals surface area (Å²) in [4.78, 5) is 26.3. The normalized spacial score (nSPS) is 23.1. The lowest BCUT2D eigenvalue weighted by atomic mass is 9.80. The van der Waals surface area contributed by atoms with Gasteiger partial charge in [-0.3, -0.25) is 14.3 Å². The number of hydrogen-bond donors (Lipinski definition) is 1. The highest BCUT2D eigenvalue weighted by atomic mass is 16.6. The second kappa shape index (κ2) is 8.80. The number of benzene rings is 3. The smallest absolute Gasteiger partial charge is 0.328 e. The summed E-state index contributed by atoms with van der Waals surface area (Å²) in [6, 6.07) is 32.1. The first-order valence-corrected chi connectivity index (χ1v) is 11.9. The molecule has 0 amide bonds. The number of aromatic nitrogens is 2. The Bertz CT molecular complexity index is 1320. The van der Waals surface area contributed by atoms with Crippen LogP contribution in [0.2, 0.25) is 0 Å². The van der Waals surface area contributed by atoms with Crippen LogP contribution in [0.4, 0.5) is 0 Å². The van der Waals surface area contributed by atoms with E-state index in [0.29, 0.717) is 6.61 Å². The molecule has 1 aromatic heterocycles. The number of fused-ring (bicyclic) bond motifs is 1. The molecule has 1 N–H and O–H groups in total. The van der Waals surface area contributed by atoms with Crippen molar-refractivity contribution in [1.82, 2.24) is 9.55 Å². The maximum absolute atomic E-state index is 12.4. The van der Waals surface area contributed by atoms with Gasteiger partial charge in [-0.2, -0.15) is 0 Å². The lowest BCUT2D eigenvalue weighted by Gasteiger charge is -2.37. The second-order valence-corrected chi connectivity index (χ2v) is 9.24. The van der Waals surface area contributed by atoms with E-state index in [1.165, 1.54) is 6.07 Å². The molecular formula is C29H26N2O4. The van der Waals surface area contributed by atoms with Crippen LogP contribution < -0.4 is 11.2 Å². The van der Waals surface area contributed by atoms with Crippen molar-refractivity contribution in [2.75, 3.05) is 6.61 Å². The Morgan fingerprint density at radius 1 is 0.800 bits per heavy atom. The topological polar surface area (TPSA) is 76.6 Å². The summed E-state index contributed by atoms with van der Waals surface area (Å²) in [6.07, 6.45) is 2.32. The van der Waals surface area contributed by atoms with E-state index in [2.05, 4.69) is 41.4 Å². The zero-order valence-corrected chi connectivity index (χ0v) is 19.1. The lowest BCUT2D eigenvalue weighted by molar-refractivity contribution is -0.0168. The van der Waals surface area contributed by atoms with Crippen LogP contribution in [0.15, 0.2) is 113 Å². The van der Waals surface area contributed by atoms with Gasteiger partial charge in [0.05, 0.1) is 18.8 Å². The van der Waals surface area contributed by atoms with Gasteiger partial charge in [-0.05, 0) is 23.1 Å². The van der Waals surface area contributed by atoms with E-state index < -0.39 is 16.9 Å². The number of nitrogens with one attached hydrogen (secondary N) is 1. The molecule has 2 fully saturated rings. The van der Waals surface area contributed by atoms with E-state index in [1.807, 2.05) is 54.6 Å². The van der Waals surface area contributed by atoms with Gasteiger partial charge in [0.1, 0.15) is 11.7 Å². The number of nitrogens with zero attached hydrogens (tertiary/aromatic N) is 1. The Labute approximate surface area is 202 Å². The molecule has 1 aliphatic heterocycles. The van der Waals surface area contributed by atoms with E-state index in [4.69, 9.17) is 9.47 Å². The first-order chi connectivity index (χ1) is 17.2. The SMILES string of the molecule is O=c1ccn([C@@H]2C[C@H](COC(c3ccccc3)(c3ccccc3)c3ccccc3)[C@H]3OC23)c(=O)[nH]1. The van der Waals surface area contributed by atoms with E-state index in [-0.39, 0.29) is 24.2 Å². The Morgan fingerprint density at radius 2 is 1.34 bits per heavy atom. The molecule has 35 heavy (non-hydrogen) atoms. The predicted octanol–water partition coefficient (Wildman–Crippen LogP) is 3.87. The maximum Gasteiger partial charge on any atom is 0.328 e. The fourth-order valence-corrected chi connectivity index (χ4v) is 5.53. The molecule has 1 saturated carbocycles. The summed E-state index contributed by atoms with van der Waals surface area (Å²) in [5, 5.41) is 0. The van der Waals surface area contributed by atoms with Gasteiger partial charge >= 0.3 is 5.69 Å². The van der Waals surface area contributed by atoms with Crippen LogP contribution >= 0.6 is 0 Å². The van der Waals surface area contributed by atoms with Gasteiger partial charge in [0, 0.05) is 18.2 Å². The highest BCUT2D eigenvalue weighted by molar-refractivity contribution is 5.47. The summed E-state index contributed by atoms with van der Waals surface area (Å²) in [5.41, 5.74) is 1.58. The van der Waals surface area contributed by atoms with Crippen LogP contribution in [-0.2, 0) is 15.1 Å². The third-order valence-corrected chi connectivity index (χ3v) is 7.21. The largest absolute Gasteiger partial charge is 0.367 e. The van der Waals surface area contributed by atoms with Gasteiger partial charge in [0.25, 0.3) is 5.56 Å². The van der Waals surface area contributed by atoms with Gasteiger partial charge in [-0.1, -0.05) is 91.0 Å². The minimum absolute atomic E-state index is 0.0354. The molecular weight excluding hydrogens is 440 g/mol. The molecule has 0 bridgehead atoms. The number of ether oxygens (including phenoxy) is 2. The molecule has 2 aliphatic rings. The molecule has 4 atom stereocenters. The Hall–Kier alpha value is -3.74. The second-order valence-electron chi connectivity index (χ2n) is 9.24. The molecule has 1 saturated heterocycles. The minimum atomic E-state index is -0.791. The molecule has 0 spiro atoms. The zero-order chi connectivity index (χ0) is 23.8. The third-order valence-electron chi connectivity index (χ3n) is 7.21. The van der Waals surface area contributed by atoms with Crippen LogP contribution in [0.1, 0.15) is 29.2 Å². The molecule has 3 aromatic carbocycles. The molecule has 6 heteroatoms. The van der Waals surface area contributed by atoms with E-state index in [0.717, 1.165) is 23.1 Å². The average Bonchev–Trinajstić information content (AvgIpc) is 3.62. The molecule has 0 radical (unpaired) electrons. The molecule has 176 valence electrons. The Kier molecular flexibility index (Phi) is 5.47. The zero-order valence-electron chi connectivity index (χ0n) is 19.1. The number of H-pyrrole nitrogens is 1. The van der Waals surface area contributed by atoms with Gasteiger partial charge < -0.3 is 9.47 Å². The lowest BCUT2D eigenvalue weighted by Crippen LogP contribution is -2.35.